The number of aromatic amines is 1. The zero-order valence-electron chi connectivity index (χ0n) is 14.7. The molecule has 0 spiro atoms. The second-order valence-electron chi connectivity index (χ2n) is 5.65. The molecule has 2 aromatic rings. The summed E-state index contributed by atoms with van der Waals surface area (Å²) in [5.41, 5.74) is 5.61. The van der Waals surface area contributed by atoms with E-state index in [2.05, 4.69) is 5.27 Å². The van der Waals surface area contributed by atoms with Crippen LogP contribution in [0.1, 0.15) is 25.5 Å². The molecule has 3 N–H and O–H groups in total. The summed E-state index contributed by atoms with van der Waals surface area (Å²) in [6.45, 7) is 3.28. The molecule has 9 heteroatoms. The smallest absolute Gasteiger partial charge is 0.431 e. The first-order valence-electron chi connectivity index (χ1n) is 8.13. The number of rotatable bonds is 4. The first kappa shape index (κ1) is 18.0. The third-order valence-corrected chi connectivity index (χ3v) is 4.07. The van der Waals surface area contributed by atoms with Gasteiger partial charge in [-0.05, 0) is 23.8 Å². The SMILES string of the molecule is CCOC(=O)C1=C(C)OC(N)=C(C#N)C1c1c(=O)o[nH][n+]1-c1ccccc1. The molecule has 1 aliphatic heterocycles. The average molecular weight is 369 g/mol. The second kappa shape index (κ2) is 7.21. The summed E-state index contributed by atoms with van der Waals surface area (Å²) < 4.78 is 16.7. The molecule has 0 bridgehead atoms. The largest absolute Gasteiger partial charge is 0.463 e. The Morgan fingerprint density at radius 1 is 1.41 bits per heavy atom. The van der Waals surface area contributed by atoms with Crippen LogP contribution < -0.4 is 16.0 Å². The molecule has 2 heterocycles. The van der Waals surface area contributed by atoms with Gasteiger partial charge >= 0.3 is 17.3 Å². The van der Waals surface area contributed by atoms with Gasteiger partial charge in [-0.2, -0.15) is 5.26 Å². The van der Waals surface area contributed by atoms with E-state index >= 15 is 0 Å². The lowest BCUT2D eigenvalue weighted by atomic mass is 9.86. The minimum atomic E-state index is -1.11. The summed E-state index contributed by atoms with van der Waals surface area (Å²) in [7, 11) is 0. The molecular formula is C18H17N4O5+. The quantitative estimate of drug-likeness (QED) is 0.603. The van der Waals surface area contributed by atoms with Crippen molar-refractivity contribution in [3.8, 4) is 11.8 Å². The first-order valence-corrected chi connectivity index (χ1v) is 8.13. The summed E-state index contributed by atoms with van der Waals surface area (Å²) in [5.74, 6) is -1.85. The molecular weight excluding hydrogens is 352 g/mol. The molecule has 1 aromatic carbocycles. The van der Waals surface area contributed by atoms with E-state index in [-0.39, 0.29) is 35.1 Å². The van der Waals surface area contributed by atoms with E-state index in [1.165, 1.54) is 11.6 Å². The van der Waals surface area contributed by atoms with Crippen LogP contribution in [-0.4, -0.2) is 17.8 Å². The summed E-state index contributed by atoms with van der Waals surface area (Å²) >= 11 is 0. The number of nitrogens with one attached hydrogen (secondary N) is 1. The molecule has 0 saturated carbocycles. The minimum absolute atomic E-state index is 0.00593. The number of allylic oxidation sites excluding steroid dienone is 2. The van der Waals surface area contributed by atoms with Crippen molar-refractivity contribution in [2.45, 2.75) is 19.8 Å². The number of nitrogens with zero attached hydrogens (tertiary/aromatic N) is 2. The number of carbonyl (C=O) groups is 1. The molecule has 0 fully saturated rings. The predicted molar refractivity (Wildman–Crippen MR) is 90.8 cm³/mol. The molecule has 138 valence electrons. The minimum Gasteiger partial charge on any atom is -0.463 e. The van der Waals surface area contributed by atoms with Crippen molar-refractivity contribution in [3.05, 3.63) is 69.2 Å². The molecule has 9 nitrogen and oxygen atoms in total. The highest BCUT2D eigenvalue weighted by atomic mass is 16.5. The van der Waals surface area contributed by atoms with Crippen molar-refractivity contribution < 1.29 is 23.5 Å². The van der Waals surface area contributed by atoms with E-state index in [9.17, 15) is 14.9 Å². The van der Waals surface area contributed by atoms with Crippen LogP contribution in [0.15, 0.2) is 62.4 Å². The van der Waals surface area contributed by atoms with E-state index in [1.54, 1.807) is 31.2 Å². The van der Waals surface area contributed by atoms with Gasteiger partial charge in [0.2, 0.25) is 11.6 Å². The van der Waals surface area contributed by atoms with Gasteiger partial charge in [0.25, 0.3) is 0 Å². The van der Waals surface area contributed by atoms with Crippen LogP contribution in [0.4, 0.5) is 0 Å². The highest BCUT2D eigenvalue weighted by molar-refractivity contribution is 5.92. The van der Waals surface area contributed by atoms with Gasteiger partial charge in [-0.25, -0.2) is 9.59 Å². The van der Waals surface area contributed by atoms with Crippen molar-refractivity contribution >= 4 is 5.97 Å². The Hall–Kier alpha value is -3.80. The lowest BCUT2D eigenvalue weighted by Crippen LogP contribution is -2.42. The van der Waals surface area contributed by atoms with Gasteiger partial charge in [0, 0.05) is 12.1 Å². The zero-order chi connectivity index (χ0) is 19.6. The van der Waals surface area contributed by atoms with Gasteiger partial charge < -0.3 is 15.2 Å². The standard InChI is InChI=1S/C18H16N4O5/c1-3-25-17(23)13-10(2)26-16(20)12(9-19)14(13)15-18(24)27-21-22(15)11-7-5-4-6-8-11/h4-8,14H,3,20H2,1-2H3/p+1. The van der Waals surface area contributed by atoms with Crippen LogP contribution in [0.3, 0.4) is 0 Å². The maximum atomic E-state index is 12.6. The molecule has 1 atom stereocenters. The van der Waals surface area contributed by atoms with E-state index in [0.717, 1.165) is 0 Å². The van der Waals surface area contributed by atoms with E-state index in [0.29, 0.717) is 5.69 Å². The highest BCUT2D eigenvalue weighted by Crippen LogP contribution is 2.37. The molecule has 1 unspecified atom stereocenters. The molecule has 1 aliphatic rings. The molecule has 0 radical (unpaired) electrons. The Morgan fingerprint density at radius 2 is 2.11 bits per heavy atom. The number of para-hydroxylation sites is 1. The van der Waals surface area contributed by atoms with Crippen LogP contribution in [0, 0.1) is 11.3 Å². The monoisotopic (exact) mass is 369 g/mol. The number of hydrogen-bond donors (Lipinski definition) is 2. The number of nitriles is 1. The molecule has 0 aliphatic carbocycles. The van der Waals surface area contributed by atoms with Crippen LogP contribution in [0.5, 0.6) is 0 Å². The normalized spacial score (nSPS) is 16.7. The van der Waals surface area contributed by atoms with E-state index < -0.39 is 17.5 Å². The van der Waals surface area contributed by atoms with Crippen molar-refractivity contribution in [1.29, 1.82) is 5.26 Å². The summed E-state index contributed by atoms with van der Waals surface area (Å²) in [5, 5.41) is 12.1. The van der Waals surface area contributed by atoms with Gasteiger partial charge in [-0.3, -0.25) is 4.52 Å². The number of nitrogens with two attached hydrogens (primary N) is 1. The molecule has 1 aromatic heterocycles. The maximum Gasteiger partial charge on any atom is 0.431 e. The summed E-state index contributed by atoms with van der Waals surface area (Å²) in [6.07, 6.45) is 0. The number of ether oxygens (including phenoxy) is 2. The Bertz CT molecular complexity index is 1040. The van der Waals surface area contributed by atoms with Crippen LogP contribution in [0.25, 0.3) is 5.69 Å². The first-order chi connectivity index (χ1) is 13.0. The third-order valence-electron chi connectivity index (χ3n) is 4.07. The fourth-order valence-corrected chi connectivity index (χ4v) is 2.92. The van der Waals surface area contributed by atoms with Crippen molar-refractivity contribution in [3.63, 3.8) is 0 Å². The fraction of sp³-hybridized carbons (Fsp3) is 0.222. The Morgan fingerprint density at radius 3 is 2.74 bits per heavy atom. The zero-order valence-corrected chi connectivity index (χ0v) is 14.7. The van der Waals surface area contributed by atoms with Crippen LogP contribution >= 0.6 is 0 Å². The van der Waals surface area contributed by atoms with E-state index in [4.69, 9.17) is 19.7 Å². The van der Waals surface area contributed by atoms with Crippen molar-refractivity contribution in [2.24, 2.45) is 5.73 Å². The summed E-state index contributed by atoms with van der Waals surface area (Å²) in [4.78, 5) is 25.1. The van der Waals surface area contributed by atoms with E-state index in [1.807, 2.05) is 12.1 Å². The Balaban J connectivity index is 2.28. The predicted octanol–water partition coefficient (Wildman–Crippen LogP) is 0.889. The average Bonchev–Trinajstić information content (AvgIpc) is 3.03. The van der Waals surface area contributed by atoms with Crippen molar-refractivity contribution in [1.82, 2.24) is 5.27 Å². The van der Waals surface area contributed by atoms with Crippen LogP contribution in [0.2, 0.25) is 0 Å². The lowest BCUT2D eigenvalue weighted by molar-refractivity contribution is -0.677. The Kier molecular flexibility index (Phi) is 4.81. The van der Waals surface area contributed by atoms with Gasteiger partial charge in [0.1, 0.15) is 23.3 Å². The molecule has 3 rings (SSSR count). The van der Waals surface area contributed by atoms with Crippen molar-refractivity contribution in [2.75, 3.05) is 6.61 Å². The topological polar surface area (TPSA) is 135 Å². The number of hydrogen-bond acceptors (Lipinski definition) is 7. The number of esters is 1. The number of carbonyl (C=O) groups excluding carboxylic acids is 1. The molecule has 27 heavy (non-hydrogen) atoms. The second-order valence-corrected chi connectivity index (χ2v) is 5.65. The van der Waals surface area contributed by atoms with Gasteiger partial charge in [-0.1, -0.05) is 18.2 Å². The van der Waals surface area contributed by atoms with Gasteiger partial charge in [0.05, 0.1) is 12.2 Å². The number of H-pyrrole nitrogens is 1. The van der Waals surface area contributed by atoms with Crippen LogP contribution in [-0.2, 0) is 14.3 Å². The third kappa shape index (κ3) is 3.08. The van der Waals surface area contributed by atoms with Gasteiger partial charge in [-0.15, -0.1) is 0 Å². The highest BCUT2D eigenvalue weighted by Gasteiger charge is 2.45. The maximum absolute atomic E-state index is 12.6. The Labute approximate surface area is 153 Å². The lowest BCUT2D eigenvalue weighted by Gasteiger charge is -2.23. The van der Waals surface area contributed by atoms with Gasteiger partial charge in [0.15, 0.2) is 0 Å². The number of benzene rings is 1. The molecule has 0 amide bonds. The number of aromatic nitrogens is 2. The summed E-state index contributed by atoms with van der Waals surface area (Å²) in [6, 6.07) is 10.7. The fourth-order valence-electron chi connectivity index (χ4n) is 2.92. The molecule has 0 saturated heterocycles.